The second-order valence-corrected chi connectivity index (χ2v) is 2.11. The highest BCUT2D eigenvalue weighted by atomic mass is 35.5. The molecule has 0 spiro atoms. The average molecular weight is 154 g/mol. The number of aromatic nitrogens is 2. The molecule has 0 fully saturated rings. The zero-order valence-corrected chi connectivity index (χ0v) is 6.05. The van der Waals surface area contributed by atoms with Gasteiger partial charge in [-0.25, -0.2) is 9.97 Å². The molecule has 1 aromatic heterocycles. The Morgan fingerprint density at radius 3 is 2.80 bits per heavy atom. The van der Waals surface area contributed by atoms with Crippen LogP contribution in [0.25, 0.3) is 0 Å². The molecule has 1 rings (SSSR count). The van der Waals surface area contributed by atoms with Gasteiger partial charge in [-0.2, -0.15) is 5.26 Å². The lowest BCUT2D eigenvalue weighted by atomic mass is 10.3. The smallest absolute Gasteiger partial charge is 0.162 e. The lowest BCUT2D eigenvalue weighted by molar-refractivity contribution is 1.08. The van der Waals surface area contributed by atoms with E-state index in [1.807, 2.05) is 6.07 Å². The van der Waals surface area contributed by atoms with Crippen LogP contribution in [-0.4, -0.2) is 9.97 Å². The first-order valence-corrected chi connectivity index (χ1v) is 3.00. The number of rotatable bonds is 0. The van der Waals surface area contributed by atoms with E-state index in [1.165, 1.54) is 6.33 Å². The predicted octanol–water partition coefficient (Wildman–Crippen LogP) is 1.31. The maximum absolute atomic E-state index is 8.42. The van der Waals surface area contributed by atoms with Crippen molar-refractivity contribution >= 4 is 11.6 Å². The highest BCUT2D eigenvalue weighted by Gasteiger charge is 2.02. The molecular formula is C6H4ClN3. The first-order valence-electron chi connectivity index (χ1n) is 2.63. The summed E-state index contributed by atoms with van der Waals surface area (Å²) < 4.78 is 0. The predicted molar refractivity (Wildman–Crippen MR) is 36.5 cm³/mol. The number of hydrogen-bond donors (Lipinski definition) is 0. The van der Waals surface area contributed by atoms with E-state index in [1.54, 1.807) is 6.92 Å². The molecular weight excluding hydrogens is 150 g/mol. The van der Waals surface area contributed by atoms with Crippen LogP contribution in [0.3, 0.4) is 0 Å². The quantitative estimate of drug-likeness (QED) is 0.565. The Morgan fingerprint density at radius 1 is 1.60 bits per heavy atom. The molecule has 0 aliphatic rings. The van der Waals surface area contributed by atoms with Crippen LogP contribution in [0.2, 0.25) is 5.02 Å². The normalized spacial score (nSPS) is 8.90. The molecule has 0 bridgehead atoms. The lowest BCUT2D eigenvalue weighted by Crippen LogP contribution is -1.89. The third-order valence-electron chi connectivity index (χ3n) is 1.07. The van der Waals surface area contributed by atoms with Crippen molar-refractivity contribution in [2.75, 3.05) is 0 Å². The van der Waals surface area contributed by atoms with Gasteiger partial charge in [0.1, 0.15) is 12.4 Å². The Morgan fingerprint density at radius 2 is 2.30 bits per heavy atom. The van der Waals surface area contributed by atoms with Crippen molar-refractivity contribution in [2.24, 2.45) is 0 Å². The Labute approximate surface area is 63.3 Å². The van der Waals surface area contributed by atoms with E-state index in [0.717, 1.165) is 0 Å². The molecule has 0 atom stereocenters. The van der Waals surface area contributed by atoms with Gasteiger partial charge in [0.25, 0.3) is 0 Å². The molecule has 3 nitrogen and oxygen atoms in total. The maximum atomic E-state index is 8.42. The minimum atomic E-state index is 0.231. The Kier molecular flexibility index (Phi) is 1.83. The first-order chi connectivity index (χ1) is 4.75. The molecule has 1 heterocycles. The van der Waals surface area contributed by atoms with Gasteiger partial charge in [-0.3, -0.25) is 0 Å². The third-order valence-corrected chi connectivity index (χ3v) is 1.52. The molecule has 0 amide bonds. The highest BCUT2D eigenvalue weighted by Crippen LogP contribution is 2.13. The SMILES string of the molecule is Cc1ncnc(C#N)c1Cl. The Hall–Kier alpha value is -1.14. The van der Waals surface area contributed by atoms with Crippen LogP contribution in [0.15, 0.2) is 6.33 Å². The molecule has 0 radical (unpaired) electrons. The van der Waals surface area contributed by atoms with Crippen LogP contribution in [0.5, 0.6) is 0 Å². The van der Waals surface area contributed by atoms with Gasteiger partial charge in [0, 0.05) is 0 Å². The van der Waals surface area contributed by atoms with Crippen LogP contribution in [-0.2, 0) is 0 Å². The molecule has 50 valence electrons. The van der Waals surface area contributed by atoms with Crippen LogP contribution in [0, 0.1) is 18.3 Å². The van der Waals surface area contributed by atoms with Gasteiger partial charge in [0.05, 0.1) is 10.7 Å². The lowest BCUT2D eigenvalue weighted by Gasteiger charge is -1.94. The van der Waals surface area contributed by atoms with Crippen molar-refractivity contribution in [3.63, 3.8) is 0 Å². The van der Waals surface area contributed by atoms with E-state index in [0.29, 0.717) is 10.7 Å². The monoisotopic (exact) mass is 153 g/mol. The van der Waals surface area contributed by atoms with Gasteiger partial charge in [-0.15, -0.1) is 0 Å². The highest BCUT2D eigenvalue weighted by molar-refractivity contribution is 6.32. The summed E-state index contributed by atoms with van der Waals surface area (Å²) in [5, 5.41) is 8.76. The van der Waals surface area contributed by atoms with E-state index in [9.17, 15) is 0 Å². The molecule has 1 aromatic rings. The van der Waals surface area contributed by atoms with Gasteiger partial charge in [0.2, 0.25) is 0 Å². The average Bonchev–Trinajstić information content (AvgIpc) is 1.95. The van der Waals surface area contributed by atoms with Crippen LogP contribution < -0.4 is 0 Å². The molecule has 4 heteroatoms. The number of halogens is 1. The number of nitrogens with zero attached hydrogens (tertiary/aromatic N) is 3. The zero-order chi connectivity index (χ0) is 7.56. The van der Waals surface area contributed by atoms with Gasteiger partial charge in [-0.1, -0.05) is 11.6 Å². The topological polar surface area (TPSA) is 49.6 Å². The maximum Gasteiger partial charge on any atom is 0.162 e. The summed E-state index contributed by atoms with van der Waals surface area (Å²) in [7, 11) is 0. The van der Waals surface area contributed by atoms with Gasteiger partial charge < -0.3 is 0 Å². The summed E-state index contributed by atoms with van der Waals surface area (Å²) in [6.45, 7) is 1.73. The van der Waals surface area contributed by atoms with Crippen LogP contribution in [0.4, 0.5) is 0 Å². The first kappa shape index (κ1) is 6.97. The van der Waals surface area contributed by atoms with Gasteiger partial charge >= 0.3 is 0 Å². The molecule has 0 aliphatic heterocycles. The Bertz CT molecular complexity index is 290. The molecule has 0 N–H and O–H groups in total. The summed E-state index contributed by atoms with van der Waals surface area (Å²) >= 11 is 5.65. The van der Waals surface area contributed by atoms with Crippen molar-refractivity contribution in [1.29, 1.82) is 5.26 Å². The van der Waals surface area contributed by atoms with E-state index in [2.05, 4.69) is 9.97 Å². The van der Waals surface area contributed by atoms with Crippen LogP contribution in [0.1, 0.15) is 11.4 Å². The van der Waals surface area contributed by atoms with Crippen molar-refractivity contribution < 1.29 is 0 Å². The minimum Gasteiger partial charge on any atom is -0.240 e. The number of nitriles is 1. The van der Waals surface area contributed by atoms with Gasteiger partial charge in [-0.05, 0) is 6.92 Å². The molecule has 10 heavy (non-hydrogen) atoms. The van der Waals surface area contributed by atoms with Crippen LogP contribution >= 0.6 is 11.6 Å². The molecule has 0 unspecified atom stereocenters. The largest absolute Gasteiger partial charge is 0.240 e. The summed E-state index contributed by atoms with van der Waals surface area (Å²) in [6, 6.07) is 1.85. The van der Waals surface area contributed by atoms with E-state index >= 15 is 0 Å². The van der Waals surface area contributed by atoms with E-state index < -0.39 is 0 Å². The molecule has 0 saturated carbocycles. The molecule has 0 saturated heterocycles. The third kappa shape index (κ3) is 1.07. The fourth-order valence-corrected chi connectivity index (χ4v) is 0.676. The van der Waals surface area contributed by atoms with Gasteiger partial charge in [0.15, 0.2) is 5.69 Å². The standard InChI is InChI=1S/C6H4ClN3/c1-4-6(7)5(2-8)10-3-9-4/h3H,1H3. The van der Waals surface area contributed by atoms with Crippen molar-refractivity contribution in [2.45, 2.75) is 6.92 Å². The summed E-state index contributed by atoms with van der Waals surface area (Å²) in [6.07, 6.45) is 1.32. The molecule has 0 aliphatic carbocycles. The summed E-state index contributed by atoms with van der Waals surface area (Å²) in [5.74, 6) is 0. The number of hydrogen-bond acceptors (Lipinski definition) is 3. The second kappa shape index (κ2) is 2.63. The Balaban J connectivity index is 3.31. The second-order valence-electron chi connectivity index (χ2n) is 1.73. The van der Waals surface area contributed by atoms with Crippen molar-refractivity contribution in [3.05, 3.63) is 22.7 Å². The zero-order valence-electron chi connectivity index (χ0n) is 5.30. The minimum absolute atomic E-state index is 0.231. The van der Waals surface area contributed by atoms with E-state index in [-0.39, 0.29) is 5.69 Å². The molecule has 0 aromatic carbocycles. The van der Waals surface area contributed by atoms with Crippen molar-refractivity contribution in [3.8, 4) is 6.07 Å². The van der Waals surface area contributed by atoms with Crippen molar-refractivity contribution in [1.82, 2.24) is 9.97 Å². The number of aryl methyl sites for hydroxylation is 1. The van der Waals surface area contributed by atoms with E-state index in [4.69, 9.17) is 16.9 Å². The fraction of sp³-hybridized carbons (Fsp3) is 0.167. The summed E-state index contributed by atoms with van der Waals surface area (Å²) in [5.41, 5.74) is 0.863. The summed E-state index contributed by atoms with van der Waals surface area (Å²) in [4.78, 5) is 7.45. The fourth-order valence-electron chi connectivity index (χ4n) is 0.536.